The average Bonchev–Trinajstić information content (AvgIpc) is 3.25. The number of para-hydroxylation sites is 1. The first-order valence-corrected chi connectivity index (χ1v) is 11.0. The maximum atomic E-state index is 13.0. The summed E-state index contributed by atoms with van der Waals surface area (Å²) in [4.78, 5) is 15.4. The van der Waals surface area contributed by atoms with Gasteiger partial charge in [-0.2, -0.15) is 0 Å². The van der Waals surface area contributed by atoms with E-state index in [0.29, 0.717) is 17.2 Å². The van der Waals surface area contributed by atoms with Crippen molar-refractivity contribution >= 4 is 34.7 Å². The first-order chi connectivity index (χ1) is 14.7. The van der Waals surface area contributed by atoms with Gasteiger partial charge in [0.1, 0.15) is 18.2 Å². The van der Waals surface area contributed by atoms with Crippen molar-refractivity contribution in [2.24, 2.45) is 0 Å². The molecule has 30 heavy (non-hydrogen) atoms. The maximum absolute atomic E-state index is 13.0. The van der Waals surface area contributed by atoms with Crippen molar-refractivity contribution in [3.63, 3.8) is 0 Å². The lowest BCUT2D eigenvalue weighted by Gasteiger charge is -2.10. The van der Waals surface area contributed by atoms with Crippen molar-refractivity contribution in [1.29, 1.82) is 0 Å². The third-order valence-electron chi connectivity index (χ3n) is 4.20. The van der Waals surface area contributed by atoms with Gasteiger partial charge in [-0.15, -0.1) is 11.3 Å². The molecule has 4 rings (SSSR count). The average molecular weight is 436 g/mol. The molecule has 1 N–H and O–H groups in total. The number of amides is 1. The van der Waals surface area contributed by atoms with Crippen LogP contribution in [0.15, 0.2) is 100 Å². The molecule has 1 amide bonds. The molecule has 0 bridgehead atoms. The van der Waals surface area contributed by atoms with Crippen molar-refractivity contribution in [2.75, 3.05) is 5.32 Å². The summed E-state index contributed by atoms with van der Waals surface area (Å²) in [5.41, 5.74) is 1.66. The Balaban J connectivity index is 1.40. The van der Waals surface area contributed by atoms with Gasteiger partial charge in [0.2, 0.25) is 0 Å². The first kappa shape index (κ1) is 20.2. The van der Waals surface area contributed by atoms with Crippen molar-refractivity contribution in [3.05, 3.63) is 107 Å². The molecule has 0 atom stereocenters. The summed E-state index contributed by atoms with van der Waals surface area (Å²) in [5.74, 6) is 0.122. The second-order valence-corrected chi connectivity index (χ2v) is 8.45. The first-order valence-electron chi connectivity index (χ1n) is 9.26. The monoisotopic (exact) mass is 435 g/mol. The largest absolute Gasteiger partial charge is 0.489 e. The molecule has 150 valence electrons. The predicted molar refractivity (Wildman–Crippen MR) is 120 cm³/mol. The van der Waals surface area contributed by atoms with Crippen LogP contribution in [0, 0.1) is 5.82 Å². The van der Waals surface area contributed by atoms with Crippen LogP contribution in [0.4, 0.5) is 10.1 Å². The molecule has 0 aliphatic rings. The minimum Gasteiger partial charge on any atom is -0.489 e. The standard InChI is InChI=1S/C24H18FNO2S2/c25-18-10-12-19(13-11-18)28-15-17-14-23(29-16-17)24(27)26-21-8-4-5-9-22(21)30-20-6-2-1-3-7-20/h1-14,16H,15H2,(H,26,27). The molecule has 6 heteroatoms. The molecule has 1 heterocycles. The van der Waals surface area contributed by atoms with Gasteiger partial charge in [-0.05, 0) is 60.0 Å². The molecule has 0 radical (unpaired) electrons. The van der Waals surface area contributed by atoms with E-state index < -0.39 is 0 Å². The number of thiophene rings is 1. The zero-order chi connectivity index (χ0) is 20.8. The van der Waals surface area contributed by atoms with Gasteiger partial charge in [0.05, 0.1) is 10.6 Å². The van der Waals surface area contributed by atoms with E-state index in [1.54, 1.807) is 23.9 Å². The second-order valence-electron chi connectivity index (χ2n) is 6.43. The van der Waals surface area contributed by atoms with E-state index >= 15 is 0 Å². The van der Waals surface area contributed by atoms with Crippen molar-refractivity contribution < 1.29 is 13.9 Å². The lowest BCUT2D eigenvalue weighted by Crippen LogP contribution is -2.10. The van der Waals surface area contributed by atoms with Crippen molar-refractivity contribution in [2.45, 2.75) is 16.4 Å². The molecular formula is C24H18FNO2S2. The van der Waals surface area contributed by atoms with Crippen LogP contribution in [0.5, 0.6) is 5.75 Å². The Bertz CT molecular complexity index is 1130. The smallest absolute Gasteiger partial charge is 0.265 e. The Morgan fingerprint density at radius 1 is 0.967 bits per heavy atom. The molecule has 0 aliphatic heterocycles. The van der Waals surface area contributed by atoms with E-state index in [2.05, 4.69) is 5.32 Å². The van der Waals surface area contributed by atoms with Crippen LogP contribution in [0.2, 0.25) is 0 Å². The summed E-state index contributed by atoms with van der Waals surface area (Å²) in [6.45, 7) is 0.315. The van der Waals surface area contributed by atoms with Crippen molar-refractivity contribution in [3.8, 4) is 5.75 Å². The highest BCUT2D eigenvalue weighted by Gasteiger charge is 2.12. The number of halogens is 1. The van der Waals surface area contributed by atoms with Gasteiger partial charge in [-0.1, -0.05) is 42.1 Å². The highest BCUT2D eigenvalue weighted by atomic mass is 32.2. The summed E-state index contributed by atoms with van der Waals surface area (Å²) < 4.78 is 18.6. The Kier molecular flexibility index (Phi) is 6.47. The lowest BCUT2D eigenvalue weighted by molar-refractivity contribution is 0.103. The minimum absolute atomic E-state index is 0.158. The number of carbonyl (C=O) groups excluding carboxylic acids is 1. The summed E-state index contributed by atoms with van der Waals surface area (Å²) >= 11 is 2.97. The third-order valence-corrected chi connectivity index (χ3v) is 6.26. The van der Waals surface area contributed by atoms with Gasteiger partial charge in [0, 0.05) is 15.4 Å². The Morgan fingerprint density at radius 3 is 2.50 bits per heavy atom. The van der Waals surface area contributed by atoms with E-state index in [1.165, 1.54) is 23.5 Å². The van der Waals surface area contributed by atoms with Crippen LogP contribution in [0.25, 0.3) is 0 Å². The highest BCUT2D eigenvalue weighted by Crippen LogP contribution is 2.33. The fourth-order valence-corrected chi connectivity index (χ4v) is 4.44. The van der Waals surface area contributed by atoms with E-state index in [1.807, 2.05) is 66.0 Å². The molecular weight excluding hydrogens is 417 g/mol. The SMILES string of the molecule is O=C(Nc1ccccc1Sc1ccccc1)c1cc(COc2ccc(F)cc2)cs1. The fourth-order valence-electron chi connectivity index (χ4n) is 2.73. The van der Waals surface area contributed by atoms with Crippen LogP contribution < -0.4 is 10.1 Å². The van der Waals surface area contributed by atoms with Crippen LogP contribution in [0.3, 0.4) is 0 Å². The molecule has 0 saturated heterocycles. The second kappa shape index (κ2) is 9.61. The Morgan fingerprint density at radius 2 is 1.70 bits per heavy atom. The summed E-state index contributed by atoms with van der Waals surface area (Å²) in [5, 5.41) is 4.90. The molecule has 0 spiro atoms. The van der Waals surface area contributed by atoms with Gasteiger partial charge in [0.25, 0.3) is 5.91 Å². The maximum Gasteiger partial charge on any atom is 0.265 e. The van der Waals surface area contributed by atoms with E-state index in [4.69, 9.17) is 4.74 Å². The molecule has 0 aliphatic carbocycles. The Labute approximate surface area is 182 Å². The minimum atomic E-state index is -0.303. The summed E-state index contributed by atoms with van der Waals surface area (Å²) in [6, 6.07) is 25.5. The number of carbonyl (C=O) groups is 1. The summed E-state index contributed by atoms with van der Waals surface area (Å²) in [6.07, 6.45) is 0. The summed E-state index contributed by atoms with van der Waals surface area (Å²) in [7, 11) is 0. The van der Waals surface area contributed by atoms with Gasteiger partial charge in [-0.25, -0.2) is 4.39 Å². The lowest BCUT2D eigenvalue weighted by atomic mass is 10.3. The van der Waals surface area contributed by atoms with E-state index in [9.17, 15) is 9.18 Å². The number of anilines is 1. The van der Waals surface area contributed by atoms with Gasteiger partial charge in [0.15, 0.2) is 0 Å². The van der Waals surface area contributed by atoms with E-state index in [0.717, 1.165) is 21.0 Å². The topological polar surface area (TPSA) is 38.3 Å². The zero-order valence-corrected chi connectivity index (χ0v) is 17.5. The third kappa shape index (κ3) is 5.28. The number of nitrogens with one attached hydrogen (secondary N) is 1. The van der Waals surface area contributed by atoms with Gasteiger partial charge in [-0.3, -0.25) is 4.79 Å². The van der Waals surface area contributed by atoms with Crippen LogP contribution in [-0.4, -0.2) is 5.91 Å². The zero-order valence-electron chi connectivity index (χ0n) is 15.9. The van der Waals surface area contributed by atoms with Crippen LogP contribution in [0.1, 0.15) is 15.2 Å². The number of ether oxygens (including phenoxy) is 1. The number of rotatable bonds is 7. The van der Waals surface area contributed by atoms with E-state index in [-0.39, 0.29) is 11.7 Å². The normalized spacial score (nSPS) is 10.6. The highest BCUT2D eigenvalue weighted by molar-refractivity contribution is 7.99. The molecule has 0 unspecified atom stereocenters. The number of hydrogen-bond donors (Lipinski definition) is 1. The molecule has 0 fully saturated rings. The van der Waals surface area contributed by atoms with Gasteiger partial charge < -0.3 is 10.1 Å². The van der Waals surface area contributed by atoms with Crippen LogP contribution >= 0.6 is 23.1 Å². The van der Waals surface area contributed by atoms with Gasteiger partial charge >= 0.3 is 0 Å². The molecule has 3 aromatic carbocycles. The molecule has 3 nitrogen and oxygen atoms in total. The van der Waals surface area contributed by atoms with Crippen LogP contribution in [-0.2, 0) is 6.61 Å². The molecule has 4 aromatic rings. The van der Waals surface area contributed by atoms with Crippen molar-refractivity contribution in [1.82, 2.24) is 0 Å². The molecule has 0 saturated carbocycles. The number of benzene rings is 3. The quantitative estimate of drug-likeness (QED) is 0.344. The predicted octanol–water partition coefficient (Wildman–Crippen LogP) is 6.87. The fraction of sp³-hybridized carbons (Fsp3) is 0.0417. The molecule has 1 aromatic heterocycles. The Hall–Kier alpha value is -3.09. The number of hydrogen-bond acceptors (Lipinski definition) is 4.